The highest BCUT2D eigenvalue weighted by Gasteiger charge is 2.11. The third kappa shape index (κ3) is 14.4. The minimum absolute atomic E-state index is 0.362. The molecule has 0 aliphatic heterocycles. The largest absolute Gasteiger partial charge is 0.493 e. The molecule has 32 heavy (non-hydrogen) atoms. The third-order valence-corrected chi connectivity index (χ3v) is 5.83. The van der Waals surface area contributed by atoms with E-state index in [1.807, 2.05) is 6.07 Å². The van der Waals surface area contributed by atoms with Gasteiger partial charge in [0.1, 0.15) is 11.5 Å². The van der Waals surface area contributed by atoms with Gasteiger partial charge in [0.2, 0.25) is 0 Å². The molecule has 0 saturated heterocycles. The predicted octanol–water partition coefficient (Wildman–Crippen LogP) is 8.51. The third-order valence-electron chi connectivity index (χ3n) is 5.83. The van der Waals surface area contributed by atoms with Gasteiger partial charge in [0.15, 0.2) is 0 Å². The molecular weight excluding hydrogens is 400 g/mol. The minimum atomic E-state index is -0.362. The van der Waals surface area contributed by atoms with Crippen LogP contribution in [0.4, 0.5) is 0 Å². The molecule has 0 radical (unpaired) electrons. The van der Waals surface area contributed by atoms with Crippen molar-refractivity contribution in [1.29, 1.82) is 0 Å². The Labute approximate surface area is 197 Å². The fourth-order valence-corrected chi connectivity index (χ4v) is 3.83. The van der Waals surface area contributed by atoms with Gasteiger partial charge in [-0.2, -0.15) is 0 Å². The maximum Gasteiger partial charge on any atom is 0.338 e. The van der Waals surface area contributed by atoms with Crippen LogP contribution in [0.15, 0.2) is 18.2 Å². The highest BCUT2D eigenvalue weighted by Crippen LogP contribution is 2.24. The summed E-state index contributed by atoms with van der Waals surface area (Å²) in [6, 6.07) is 5.39. The molecule has 0 aliphatic carbocycles. The van der Waals surface area contributed by atoms with Crippen LogP contribution in [0, 0.1) is 0 Å². The van der Waals surface area contributed by atoms with E-state index in [2.05, 4.69) is 13.8 Å². The van der Waals surface area contributed by atoms with Gasteiger partial charge in [-0.05, 0) is 25.0 Å². The first kappa shape index (κ1) is 28.3. The van der Waals surface area contributed by atoms with E-state index in [4.69, 9.17) is 14.2 Å². The highest BCUT2D eigenvalue weighted by atomic mass is 16.5. The number of unbranched alkanes of at least 4 members (excludes halogenated alkanes) is 14. The van der Waals surface area contributed by atoms with Crippen molar-refractivity contribution < 1.29 is 19.0 Å². The van der Waals surface area contributed by atoms with Gasteiger partial charge < -0.3 is 14.2 Å². The molecule has 4 heteroatoms. The lowest BCUT2D eigenvalue weighted by Crippen LogP contribution is -2.05. The van der Waals surface area contributed by atoms with E-state index in [0.29, 0.717) is 30.3 Å². The van der Waals surface area contributed by atoms with E-state index in [-0.39, 0.29) is 5.97 Å². The second kappa shape index (κ2) is 19.9. The van der Waals surface area contributed by atoms with E-state index in [1.165, 1.54) is 97.0 Å². The summed E-state index contributed by atoms with van der Waals surface area (Å²) in [4.78, 5) is 12.0. The summed E-state index contributed by atoms with van der Waals surface area (Å²) >= 11 is 0. The van der Waals surface area contributed by atoms with Crippen LogP contribution < -0.4 is 9.47 Å². The summed E-state index contributed by atoms with van der Waals surface area (Å²) in [6.07, 6.45) is 20.3. The number of hydrogen-bond acceptors (Lipinski definition) is 4. The molecule has 4 nitrogen and oxygen atoms in total. The second-order valence-corrected chi connectivity index (χ2v) is 8.83. The van der Waals surface area contributed by atoms with Gasteiger partial charge in [-0.15, -0.1) is 0 Å². The number of carbonyl (C=O) groups is 1. The Morgan fingerprint density at radius 1 is 0.594 bits per heavy atom. The number of carbonyl (C=O) groups excluding carboxylic acids is 1. The van der Waals surface area contributed by atoms with Crippen LogP contribution in [-0.4, -0.2) is 26.3 Å². The zero-order valence-electron chi connectivity index (χ0n) is 21.1. The van der Waals surface area contributed by atoms with Crippen LogP contribution >= 0.6 is 0 Å². The molecule has 0 bridgehead atoms. The van der Waals surface area contributed by atoms with Gasteiger partial charge in [-0.1, -0.05) is 104 Å². The fraction of sp³-hybridized carbons (Fsp3) is 0.750. The van der Waals surface area contributed by atoms with Gasteiger partial charge in [-0.25, -0.2) is 4.79 Å². The topological polar surface area (TPSA) is 44.8 Å². The monoisotopic (exact) mass is 448 g/mol. The quantitative estimate of drug-likeness (QED) is 0.140. The summed E-state index contributed by atoms with van der Waals surface area (Å²) in [5.74, 6) is 1.00. The van der Waals surface area contributed by atoms with Crippen molar-refractivity contribution in [3.8, 4) is 11.5 Å². The van der Waals surface area contributed by atoms with Crippen molar-refractivity contribution in [1.82, 2.24) is 0 Å². The van der Waals surface area contributed by atoms with Gasteiger partial charge in [-0.3, -0.25) is 0 Å². The van der Waals surface area contributed by atoms with E-state index >= 15 is 0 Å². The Balaban J connectivity index is 2.32. The lowest BCUT2D eigenvalue weighted by atomic mass is 10.1. The van der Waals surface area contributed by atoms with Crippen molar-refractivity contribution in [3.05, 3.63) is 23.8 Å². The molecule has 1 aromatic carbocycles. The first-order chi connectivity index (χ1) is 15.7. The lowest BCUT2D eigenvalue weighted by Gasteiger charge is -2.12. The van der Waals surface area contributed by atoms with Gasteiger partial charge >= 0.3 is 5.97 Å². The van der Waals surface area contributed by atoms with E-state index in [0.717, 1.165) is 12.8 Å². The Bertz CT molecular complexity index is 585. The summed E-state index contributed by atoms with van der Waals surface area (Å²) in [7, 11) is 1.40. The molecule has 0 aromatic heterocycles. The molecule has 184 valence electrons. The molecule has 1 rings (SSSR count). The van der Waals surface area contributed by atoms with E-state index < -0.39 is 0 Å². The summed E-state index contributed by atoms with van der Waals surface area (Å²) in [5, 5.41) is 0. The molecule has 1 aromatic rings. The molecule has 0 spiro atoms. The number of benzene rings is 1. The zero-order valence-corrected chi connectivity index (χ0v) is 21.1. The average Bonchev–Trinajstić information content (AvgIpc) is 2.81. The molecule has 0 heterocycles. The van der Waals surface area contributed by atoms with Crippen LogP contribution in [0.25, 0.3) is 0 Å². The summed E-state index contributed by atoms with van der Waals surface area (Å²) in [5.41, 5.74) is 0.478. The van der Waals surface area contributed by atoms with Crippen LogP contribution in [-0.2, 0) is 4.74 Å². The molecule has 0 unspecified atom stereocenters. The molecule has 0 aliphatic rings. The lowest BCUT2D eigenvalue weighted by molar-refractivity contribution is 0.0599. The summed E-state index contributed by atoms with van der Waals surface area (Å²) in [6.45, 7) is 5.82. The summed E-state index contributed by atoms with van der Waals surface area (Å²) < 4.78 is 16.7. The van der Waals surface area contributed by atoms with Gasteiger partial charge in [0.25, 0.3) is 0 Å². The van der Waals surface area contributed by atoms with Crippen molar-refractivity contribution >= 4 is 5.97 Å². The number of hydrogen-bond donors (Lipinski definition) is 0. The maximum atomic E-state index is 12.0. The van der Waals surface area contributed by atoms with Crippen LogP contribution in [0.5, 0.6) is 11.5 Å². The first-order valence-electron chi connectivity index (χ1n) is 13.2. The predicted molar refractivity (Wildman–Crippen MR) is 134 cm³/mol. The van der Waals surface area contributed by atoms with Crippen LogP contribution in [0.3, 0.4) is 0 Å². The Morgan fingerprint density at radius 3 is 1.34 bits per heavy atom. The number of esters is 1. The van der Waals surface area contributed by atoms with Crippen molar-refractivity contribution in [2.75, 3.05) is 20.3 Å². The van der Waals surface area contributed by atoms with Crippen LogP contribution in [0.1, 0.15) is 127 Å². The highest BCUT2D eigenvalue weighted by molar-refractivity contribution is 5.90. The zero-order chi connectivity index (χ0) is 23.3. The van der Waals surface area contributed by atoms with Gasteiger partial charge in [0, 0.05) is 6.07 Å². The Kier molecular flexibility index (Phi) is 17.6. The maximum absolute atomic E-state index is 12.0. The molecular formula is C28H48O4. The Morgan fingerprint density at radius 2 is 0.969 bits per heavy atom. The standard InChI is InChI=1S/C28H48O4/c1-4-6-8-10-12-13-15-17-19-21-32-27-23-25(28(29)30-3)22-26(24-27)31-20-18-16-14-11-9-7-5-2/h22-24H,4-21H2,1-3H3. The molecule has 0 saturated carbocycles. The smallest absolute Gasteiger partial charge is 0.338 e. The normalized spacial score (nSPS) is 10.8. The Hall–Kier alpha value is -1.71. The van der Waals surface area contributed by atoms with Crippen molar-refractivity contribution in [2.45, 2.75) is 117 Å². The molecule has 0 N–H and O–H groups in total. The van der Waals surface area contributed by atoms with Crippen molar-refractivity contribution in [2.24, 2.45) is 0 Å². The molecule has 0 atom stereocenters. The number of methoxy groups -OCH3 is 1. The van der Waals surface area contributed by atoms with E-state index in [9.17, 15) is 4.79 Å². The number of ether oxygens (including phenoxy) is 3. The number of rotatable bonds is 21. The molecule has 0 amide bonds. The fourth-order valence-electron chi connectivity index (χ4n) is 3.83. The van der Waals surface area contributed by atoms with Crippen molar-refractivity contribution in [3.63, 3.8) is 0 Å². The molecule has 0 fully saturated rings. The van der Waals surface area contributed by atoms with Gasteiger partial charge in [0.05, 0.1) is 25.9 Å². The minimum Gasteiger partial charge on any atom is -0.493 e. The SMILES string of the molecule is CCCCCCCCCCCOc1cc(OCCCCCCCCC)cc(C(=O)OC)c1. The second-order valence-electron chi connectivity index (χ2n) is 8.83. The van der Waals surface area contributed by atoms with Crippen LogP contribution in [0.2, 0.25) is 0 Å². The average molecular weight is 449 g/mol. The van der Waals surface area contributed by atoms with E-state index in [1.54, 1.807) is 12.1 Å². The first-order valence-corrected chi connectivity index (χ1v) is 13.2.